The van der Waals surface area contributed by atoms with E-state index in [1.54, 1.807) is 23.7 Å². The Morgan fingerprint density at radius 3 is 2.62 bits per heavy atom. The lowest BCUT2D eigenvalue weighted by atomic mass is 10.1. The Morgan fingerprint density at radius 1 is 1.38 bits per heavy atom. The molecular formula is C12H16FN3. The summed E-state index contributed by atoms with van der Waals surface area (Å²) in [6.07, 6.45) is 0. The Hall–Kier alpha value is -1.42. The molecule has 0 fully saturated rings. The number of hydrogen-bond donors (Lipinski definition) is 1. The van der Waals surface area contributed by atoms with Crippen LogP contribution in [0.15, 0.2) is 18.2 Å². The van der Waals surface area contributed by atoms with Crippen LogP contribution in [-0.2, 0) is 7.05 Å². The summed E-state index contributed by atoms with van der Waals surface area (Å²) in [5, 5.41) is 0. The van der Waals surface area contributed by atoms with E-state index in [2.05, 4.69) is 4.98 Å². The summed E-state index contributed by atoms with van der Waals surface area (Å²) >= 11 is 0. The molecular weight excluding hydrogens is 205 g/mol. The third-order valence-corrected chi connectivity index (χ3v) is 2.90. The third kappa shape index (κ3) is 1.59. The van der Waals surface area contributed by atoms with Crippen molar-refractivity contribution in [3.05, 3.63) is 29.8 Å². The second kappa shape index (κ2) is 3.87. The van der Waals surface area contributed by atoms with Crippen LogP contribution < -0.4 is 5.73 Å². The second-order valence-corrected chi connectivity index (χ2v) is 4.41. The summed E-state index contributed by atoms with van der Waals surface area (Å²) in [6, 6.07) is 4.73. The van der Waals surface area contributed by atoms with Gasteiger partial charge in [-0.1, -0.05) is 19.9 Å². The first-order valence-electron chi connectivity index (χ1n) is 5.38. The Labute approximate surface area is 94.1 Å². The van der Waals surface area contributed by atoms with Gasteiger partial charge >= 0.3 is 0 Å². The van der Waals surface area contributed by atoms with Crippen LogP contribution >= 0.6 is 0 Å². The van der Waals surface area contributed by atoms with Gasteiger partial charge in [0.05, 0.1) is 11.6 Å². The Balaban J connectivity index is 2.65. The molecule has 0 aliphatic carbocycles. The molecule has 0 radical (unpaired) electrons. The second-order valence-electron chi connectivity index (χ2n) is 4.41. The van der Waals surface area contributed by atoms with Crippen LogP contribution in [0, 0.1) is 11.7 Å². The summed E-state index contributed by atoms with van der Waals surface area (Å²) in [5.74, 6) is 0.753. The molecule has 1 atom stereocenters. The maximum Gasteiger partial charge on any atom is 0.149 e. The molecule has 0 spiro atoms. The highest BCUT2D eigenvalue weighted by Gasteiger charge is 2.19. The smallest absolute Gasteiger partial charge is 0.149 e. The van der Waals surface area contributed by atoms with Gasteiger partial charge in [-0.25, -0.2) is 9.37 Å². The number of nitrogens with two attached hydrogens (primary N) is 1. The zero-order valence-corrected chi connectivity index (χ0v) is 9.74. The van der Waals surface area contributed by atoms with Crippen molar-refractivity contribution in [3.63, 3.8) is 0 Å². The largest absolute Gasteiger partial charge is 0.327 e. The fourth-order valence-electron chi connectivity index (χ4n) is 1.84. The van der Waals surface area contributed by atoms with Crippen LogP contribution in [0.5, 0.6) is 0 Å². The van der Waals surface area contributed by atoms with E-state index in [1.807, 2.05) is 13.8 Å². The number of nitrogens with zero attached hydrogens (tertiary/aromatic N) is 2. The van der Waals surface area contributed by atoms with E-state index in [-0.39, 0.29) is 17.8 Å². The van der Waals surface area contributed by atoms with Gasteiger partial charge in [-0.2, -0.15) is 0 Å². The molecule has 1 aromatic heterocycles. The van der Waals surface area contributed by atoms with E-state index in [0.29, 0.717) is 11.0 Å². The molecule has 1 heterocycles. The molecule has 2 rings (SSSR count). The molecule has 0 amide bonds. The summed E-state index contributed by atoms with van der Waals surface area (Å²) in [7, 11) is 1.80. The molecule has 16 heavy (non-hydrogen) atoms. The van der Waals surface area contributed by atoms with Crippen LogP contribution in [0.2, 0.25) is 0 Å². The number of rotatable bonds is 2. The van der Waals surface area contributed by atoms with E-state index in [9.17, 15) is 4.39 Å². The quantitative estimate of drug-likeness (QED) is 0.846. The van der Waals surface area contributed by atoms with Crippen molar-refractivity contribution in [3.8, 4) is 0 Å². The van der Waals surface area contributed by atoms with E-state index in [4.69, 9.17) is 5.73 Å². The van der Waals surface area contributed by atoms with E-state index >= 15 is 0 Å². The average molecular weight is 221 g/mol. The van der Waals surface area contributed by atoms with Gasteiger partial charge in [0, 0.05) is 7.05 Å². The van der Waals surface area contributed by atoms with Gasteiger partial charge < -0.3 is 10.3 Å². The van der Waals surface area contributed by atoms with E-state index < -0.39 is 0 Å². The highest BCUT2D eigenvalue weighted by atomic mass is 19.1. The monoisotopic (exact) mass is 221 g/mol. The standard InChI is InChI=1S/C12H16FN3/c1-7(2)10(14)12-15-9-6-4-5-8(13)11(9)16(12)3/h4-7,10H,14H2,1-3H3/t10-/m0/s1. The van der Waals surface area contributed by atoms with Gasteiger partial charge in [-0.15, -0.1) is 0 Å². The van der Waals surface area contributed by atoms with Gasteiger partial charge in [-0.05, 0) is 18.1 Å². The molecule has 2 aromatic rings. The first-order chi connectivity index (χ1) is 7.52. The maximum absolute atomic E-state index is 13.6. The van der Waals surface area contributed by atoms with Crippen LogP contribution in [0.25, 0.3) is 11.0 Å². The first kappa shape index (κ1) is 11.1. The van der Waals surface area contributed by atoms with E-state index in [0.717, 1.165) is 5.82 Å². The van der Waals surface area contributed by atoms with Crippen molar-refractivity contribution < 1.29 is 4.39 Å². The van der Waals surface area contributed by atoms with Crippen molar-refractivity contribution in [1.82, 2.24) is 9.55 Å². The first-order valence-corrected chi connectivity index (χ1v) is 5.38. The number of hydrogen-bond acceptors (Lipinski definition) is 2. The highest BCUT2D eigenvalue weighted by Crippen LogP contribution is 2.24. The predicted octanol–water partition coefficient (Wildman–Crippen LogP) is 2.37. The van der Waals surface area contributed by atoms with Gasteiger partial charge in [-0.3, -0.25) is 0 Å². The van der Waals surface area contributed by atoms with Crippen molar-refractivity contribution in [2.24, 2.45) is 18.7 Å². The number of benzene rings is 1. The third-order valence-electron chi connectivity index (χ3n) is 2.90. The van der Waals surface area contributed by atoms with Crippen molar-refractivity contribution in [1.29, 1.82) is 0 Å². The molecule has 86 valence electrons. The SMILES string of the molecule is CC(C)[C@H](N)c1nc2cccc(F)c2n1C. The lowest BCUT2D eigenvalue weighted by molar-refractivity contribution is 0.479. The predicted molar refractivity (Wildman–Crippen MR) is 62.4 cm³/mol. The number of aromatic nitrogens is 2. The fraction of sp³-hybridized carbons (Fsp3) is 0.417. The Bertz CT molecular complexity index is 516. The summed E-state index contributed by atoms with van der Waals surface area (Å²) < 4.78 is 15.4. The maximum atomic E-state index is 13.6. The zero-order chi connectivity index (χ0) is 11.9. The normalized spacial score (nSPS) is 13.6. The topological polar surface area (TPSA) is 43.8 Å². The Kier molecular flexibility index (Phi) is 2.68. The van der Waals surface area contributed by atoms with Crippen LogP contribution in [0.4, 0.5) is 4.39 Å². The van der Waals surface area contributed by atoms with Crippen molar-refractivity contribution in [2.45, 2.75) is 19.9 Å². The van der Waals surface area contributed by atoms with Crippen LogP contribution in [0.1, 0.15) is 25.7 Å². The molecule has 3 nitrogen and oxygen atoms in total. The lowest BCUT2D eigenvalue weighted by Gasteiger charge is -2.15. The molecule has 0 saturated carbocycles. The number of para-hydroxylation sites is 1. The number of halogens is 1. The minimum atomic E-state index is -0.255. The molecule has 2 N–H and O–H groups in total. The summed E-state index contributed by atoms with van der Waals surface area (Å²) in [4.78, 5) is 4.39. The minimum Gasteiger partial charge on any atom is -0.327 e. The zero-order valence-electron chi connectivity index (χ0n) is 9.74. The average Bonchev–Trinajstić information content (AvgIpc) is 2.56. The molecule has 0 aliphatic heterocycles. The summed E-state index contributed by atoms with van der Waals surface area (Å²) in [6.45, 7) is 4.06. The van der Waals surface area contributed by atoms with Crippen LogP contribution in [-0.4, -0.2) is 9.55 Å². The van der Waals surface area contributed by atoms with Crippen molar-refractivity contribution in [2.75, 3.05) is 0 Å². The Morgan fingerprint density at radius 2 is 2.06 bits per heavy atom. The van der Waals surface area contributed by atoms with Gasteiger partial charge in [0.25, 0.3) is 0 Å². The molecule has 0 aliphatic rings. The molecule has 0 bridgehead atoms. The van der Waals surface area contributed by atoms with E-state index in [1.165, 1.54) is 6.07 Å². The van der Waals surface area contributed by atoms with Crippen LogP contribution in [0.3, 0.4) is 0 Å². The molecule has 1 aromatic carbocycles. The summed E-state index contributed by atoms with van der Waals surface area (Å²) in [5.41, 5.74) is 7.23. The molecule has 0 unspecified atom stereocenters. The highest BCUT2D eigenvalue weighted by molar-refractivity contribution is 5.76. The van der Waals surface area contributed by atoms with Gasteiger partial charge in [0.1, 0.15) is 17.2 Å². The minimum absolute atomic E-state index is 0.170. The van der Waals surface area contributed by atoms with Gasteiger partial charge in [0.15, 0.2) is 0 Å². The number of fused-ring (bicyclic) bond motifs is 1. The number of imidazole rings is 1. The molecule has 0 saturated heterocycles. The lowest BCUT2D eigenvalue weighted by Crippen LogP contribution is -2.20. The number of aryl methyl sites for hydroxylation is 1. The molecule has 4 heteroatoms. The fourth-order valence-corrected chi connectivity index (χ4v) is 1.84. The van der Waals surface area contributed by atoms with Gasteiger partial charge in [0.2, 0.25) is 0 Å². The van der Waals surface area contributed by atoms with Crippen molar-refractivity contribution >= 4 is 11.0 Å².